The number of halogens is 1. The highest BCUT2D eigenvalue weighted by atomic mass is 19.1. The zero-order valence-corrected chi connectivity index (χ0v) is 15.0. The molecule has 0 heterocycles. The Morgan fingerprint density at radius 1 is 1.00 bits per heavy atom. The molecule has 1 N–H and O–H groups in total. The molecular formula is C20H29FO3. The molecule has 0 aliphatic heterocycles. The van der Waals surface area contributed by atoms with E-state index >= 15 is 4.39 Å². The van der Waals surface area contributed by atoms with E-state index in [2.05, 4.69) is 0 Å². The van der Waals surface area contributed by atoms with Gasteiger partial charge in [0.05, 0.1) is 5.60 Å². The fourth-order valence-corrected chi connectivity index (χ4v) is 6.98. The molecule has 0 aromatic heterocycles. The van der Waals surface area contributed by atoms with Crippen molar-refractivity contribution >= 4 is 11.6 Å². The van der Waals surface area contributed by atoms with Gasteiger partial charge in [0, 0.05) is 36.0 Å². The maximum atomic E-state index is 16.6. The number of carbonyl (C=O) groups is 2. The molecular weight excluding hydrogens is 307 g/mol. The highest BCUT2D eigenvalue weighted by Gasteiger charge is 2.73. The van der Waals surface area contributed by atoms with Crippen LogP contribution < -0.4 is 0 Å². The Hall–Kier alpha value is -0.770. The van der Waals surface area contributed by atoms with E-state index in [1.807, 2.05) is 20.8 Å². The quantitative estimate of drug-likeness (QED) is 0.735. The standard InChI is InChI=1S/C20H29FO3/c1-17-8-6-13(22)10-12(17)4-5-15-14-7-9-19(3,24)18(14,2)11-16(23)20(15,17)21/h12,14-15,24H,4-11H2,1-3H3/t12-,14-,15-,17-,18-,19-,20-/m0/s1. The molecule has 0 unspecified atom stereocenters. The van der Waals surface area contributed by atoms with Crippen molar-refractivity contribution < 1.29 is 19.1 Å². The second-order valence-corrected chi connectivity index (χ2v) is 9.69. The van der Waals surface area contributed by atoms with Crippen molar-refractivity contribution in [2.24, 2.45) is 28.6 Å². The normalized spacial score (nSPS) is 57.3. The molecule has 134 valence electrons. The first-order chi connectivity index (χ1) is 11.1. The lowest BCUT2D eigenvalue weighted by Crippen LogP contribution is -2.68. The average molecular weight is 336 g/mol. The number of hydrogen-bond donors (Lipinski definition) is 1. The third-order valence-electron chi connectivity index (χ3n) is 8.88. The molecule has 0 radical (unpaired) electrons. The predicted octanol–water partition coefficient (Wildman–Crippen LogP) is 3.62. The van der Waals surface area contributed by atoms with Crippen LogP contribution in [0.5, 0.6) is 0 Å². The summed E-state index contributed by atoms with van der Waals surface area (Å²) in [7, 11) is 0. The van der Waals surface area contributed by atoms with Gasteiger partial charge in [-0.1, -0.05) is 13.8 Å². The maximum Gasteiger partial charge on any atom is 0.177 e. The smallest absolute Gasteiger partial charge is 0.177 e. The van der Waals surface area contributed by atoms with E-state index in [1.54, 1.807) is 0 Å². The summed E-state index contributed by atoms with van der Waals surface area (Å²) in [5.74, 6) is -0.334. The number of ketones is 2. The molecule has 0 aromatic rings. The Balaban J connectivity index is 1.79. The lowest BCUT2D eigenvalue weighted by Gasteiger charge is -2.62. The summed E-state index contributed by atoms with van der Waals surface area (Å²) >= 11 is 0. The number of aliphatic hydroxyl groups is 1. The molecule has 0 amide bonds. The van der Waals surface area contributed by atoms with E-state index in [4.69, 9.17) is 0 Å². The molecule has 4 aliphatic carbocycles. The Morgan fingerprint density at radius 2 is 1.71 bits per heavy atom. The molecule has 0 spiro atoms. The minimum atomic E-state index is -1.82. The van der Waals surface area contributed by atoms with Gasteiger partial charge in [0.15, 0.2) is 11.5 Å². The van der Waals surface area contributed by atoms with E-state index in [0.717, 1.165) is 12.8 Å². The second kappa shape index (κ2) is 4.69. The zero-order valence-electron chi connectivity index (χ0n) is 15.0. The van der Waals surface area contributed by atoms with Crippen LogP contribution in [-0.4, -0.2) is 27.9 Å². The molecule has 24 heavy (non-hydrogen) atoms. The van der Waals surface area contributed by atoms with Crippen LogP contribution in [0.2, 0.25) is 0 Å². The van der Waals surface area contributed by atoms with Crippen molar-refractivity contribution in [3.63, 3.8) is 0 Å². The van der Waals surface area contributed by atoms with Crippen molar-refractivity contribution in [1.29, 1.82) is 0 Å². The zero-order chi connectivity index (χ0) is 17.5. The van der Waals surface area contributed by atoms with Crippen LogP contribution in [0.4, 0.5) is 4.39 Å². The van der Waals surface area contributed by atoms with Gasteiger partial charge < -0.3 is 5.11 Å². The summed E-state index contributed by atoms with van der Waals surface area (Å²) in [6, 6.07) is 0. The fraction of sp³-hybridized carbons (Fsp3) is 0.900. The Morgan fingerprint density at radius 3 is 2.42 bits per heavy atom. The molecule has 4 saturated carbocycles. The summed E-state index contributed by atoms with van der Waals surface area (Å²) in [6.45, 7) is 5.73. The molecule has 4 fully saturated rings. The van der Waals surface area contributed by atoms with E-state index in [-0.39, 0.29) is 35.7 Å². The Bertz CT molecular complexity index is 614. The van der Waals surface area contributed by atoms with Crippen molar-refractivity contribution in [3.8, 4) is 0 Å². The minimum Gasteiger partial charge on any atom is -0.390 e. The third kappa shape index (κ3) is 1.71. The molecule has 3 nitrogen and oxygen atoms in total. The summed E-state index contributed by atoms with van der Waals surface area (Å²) in [6.07, 6.45) is 4.41. The van der Waals surface area contributed by atoms with Gasteiger partial charge in [0.2, 0.25) is 0 Å². The first kappa shape index (κ1) is 16.7. The van der Waals surface area contributed by atoms with Crippen LogP contribution in [0.15, 0.2) is 0 Å². The number of carbonyl (C=O) groups excluding carboxylic acids is 2. The topological polar surface area (TPSA) is 54.4 Å². The lowest BCUT2D eigenvalue weighted by molar-refractivity contribution is -0.205. The minimum absolute atomic E-state index is 0.00443. The molecule has 4 aliphatic rings. The van der Waals surface area contributed by atoms with Crippen molar-refractivity contribution in [1.82, 2.24) is 0 Å². The van der Waals surface area contributed by atoms with Crippen LogP contribution >= 0.6 is 0 Å². The lowest BCUT2D eigenvalue weighted by atomic mass is 9.42. The van der Waals surface area contributed by atoms with Crippen LogP contribution in [0, 0.1) is 28.6 Å². The largest absolute Gasteiger partial charge is 0.390 e. The third-order valence-corrected chi connectivity index (χ3v) is 8.88. The van der Waals surface area contributed by atoms with Crippen molar-refractivity contribution in [2.45, 2.75) is 83.4 Å². The van der Waals surface area contributed by atoms with E-state index in [9.17, 15) is 14.7 Å². The summed E-state index contributed by atoms with van der Waals surface area (Å²) < 4.78 is 16.6. The Labute approximate surface area is 143 Å². The van der Waals surface area contributed by atoms with Gasteiger partial charge in [-0.2, -0.15) is 0 Å². The molecule has 4 heteroatoms. The molecule has 7 atom stereocenters. The van der Waals surface area contributed by atoms with Crippen LogP contribution in [0.1, 0.15) is 72.1 Å². The van der Waals surface area contributed by atoms with Crippen LogP contribution in [0.25, 0.3) is 0 Å². The van der Waals surface area contributed by atoms with Gasteiger partial charge in [-0.05, 0) is 50.9 Å². The molecule has 0 saturated heterocycles. The highest BCUT2D eigenvalue weighted by molar-refractivity contribution is 5.91. The van der Waals surface area contributed by atoms with Crippen LogP contribution in [0.3, 0.4) is 0 Å². The van der Waals surface area contributed by atoms with Gasteiger partial charge in [-0.3, -0.25) is 9.59 Å². The second-order valence-electron chi connectivity index (χ2n) is 9.69. The van der Waals surface area contributed by atoms with Gasteiger partial charge in [-0.25, -0.2) is 4.39 Å². The van der Waals surface area contributed by atoms with Gasteiger partial charge >= 0.3 is 0 Å². The Kier molecular flexibility index (Phi) is 3.26. The average Bonchev–Trinajstić information content (AvgIpc) is 2.72. The van der Waals surface area contributed by atoms with E-state index in [0.29, 0.717) is 32.1 Å². The van der Waals surface area contributed by atoms with Crippen molar-refractivity contribution in [3.05, 3.63) is 0 Å². The molecule has 4 rings (SSSR count). The number of fused-ring (bicyclic) bond motifs is 5. The number of Topliss-reactive ketones (excluding diaryl/α,β-unsaturated/α-hetero) is 2. The summed E-state index contributed by atoms with van der Waals surface area (Å²) in [5.41, 5.74) is -3.94. The number of alkyl halides is 1. The highest BCUT2D eigenvalue weighted by Crippen LogP contribution is 2.69. The molecule has 0 aromatic carbocycles. The molecule has 0 bridgehead atoms. The number of rotatable bonds is 0. The van der Waals surface area contributed by atoms with E-state index < -0.39 is 22.1 Å². The first-order valence-corrected chi connectivity index (χ1v) is 9.52. The van der Waals surface area contributed by atoms with Gasteiger partial charge in [0.1, 0.15) is 5.78 Å². The van der Waals surface area contributed by atoms with E-state index in [1.165, 1.54) is 0 Å². The predicted molar refractivity (Wildman–Crippen MR) is 88.1 cm³/mol. The summed E-state index contributed by atoms with van der Waals surface area (Å²) in [5, 5.41) is 10.9. The summed E-state index contributed by atoms with van der Waals surface area (Å²) in [4.78, 5) is 25.0. The van der Waals surface area contributed by atoms with Crippen molar-refractivity contribution in [2.75, 3.05) is 0 Å². The van der Waals surface area contributed by atoms with Gasteiger partial charge in [-0.15, -0.1) is 0 Å². The monoisotopic (exact) mass is 336 g/mol. The fourth-order valence-electron chi connectivity index (χ4n) is 6.98. The first-order valence-electron chi connectivity index (χ1n) is 9.52. The maximum absolute atomic E-state index is 16.6. The SMILES string of the molecule is C[C@]1(O)CC[C@H]2[C@@H]3CC[C@H]4CC(=O)CC[C@]4(C)[C@@]3(F)C(=O)C[C@@]21C. The van der Waals surface area contributed by atoms with Gasteiger partial charge in [0.25, 0.3) is 0 Å². The van der Waals surface area contributed by atoms with Crippen LogP contribution in [-0.2, 0) is 9.59 Å². The number of hydrogen-bond acceptors (Lipinski definition) is 3.